The Morgan fingerprint density at radius 3 is 2.45 bits per heavy atom. The maximum absolute atomic E-state index is 12.5. The predicted molar refractivity (Wildman–Crippen MR) is 122 cm³/mol. The van der Waals surface area contributed by atoms with Gasteiger partial charge in [0.25, 0.3) is 0 Å². The third kappa shape index (κ3) is 9.15. The van der Waals surface area contributed by atoms with Crippen LogP contribution in [0.4, 0.5) is 19.0 Å². The van der Waals surface area contributed by atoms with Crippen LogP contribution in [0, 0.1) is 0 Å². The summed E-state index contributed by atoms with van der Waals surface area (Å²) >= 11 is 1.73. The van der Waals surface area contributed by atoms with Gasteiger partial charge >= 0.3 is 6.18 Å². The molecule has 2 heterocycles. The number of anilines is 1. The Labute approximate surface area is 189 Å². The van der Waals surface area contributed by atoms with Gasteiger partial charge in [0.05, 0.1) is 10.6 Å². The van der Waals surface area contributed by atoms with Crippen molar-refractivity contribution in [1.82, 2.24) is 20.6 Å². The van der Waals surface area contributed by atoms with Crippen LogP contribution in [0.5, 0.6) is 0 Å². The quantitative estimate of drug-likeness (QED) is 0.194. The summed E-state index contributed by atoms with van der Waals surface area (Å²) in [6.07, 6.45) is 0.993. The average molecular weight is 542 g/mol. The van der Waals surface area contributed by atoms with Crippen molar-refractivity contribution in [1.29, 1.82) is 0 Å². The SMILES string of the molecule is CCc1cnc(CCNC(=NC)NCCCNc2ccc(C(F)(F)F)cn2)s1.I. The number of guanidine groups is 1. The predicted octanol–water partition coefficient (Wildman–Crippen LogP) is 3.95. The van der Waals surface area contributed by atoms with E-state index in [0.29, 0.717) is 24.9 Å². The lowest BCUT2D eigenvalue weighted by Crippen LogP contribution is -2.39. The molecule has 0 atom stereocenters. The highest BCUT2D eigenvalue weighted by molar-refractivity contribution is 14.0. The highest BCUT2D eigenvalue weighted by Crippen LogP contribution is 2.28. The van der Waals surface area contributed by atoms with Gasteiger partial charge in [-0.1, -0.05) is 6.92 Å². The second-order valence-corrected chi connectivity index (χ2v) is 7.16. The molecule has 0 aliphatic rings. The van der Waals surface area contributed by atoms with Crippen molar-refractivity contribution in [2.45, 2.75) is 32.4 Å². The summed E-state index contributed by atoms with van der Waals surface area (Å²) < 4.78 is 37.5. The molecule has 2 aromatic heterocycles. The second kappa shape index (κ2) is 12.8. The molecule has 162 valence electrons. The first kappa shape index (κ1) is 25.4. The van der Waals surface area contributed by atoms with E-state index in [1.165, 1.54) is 10.9 Å². The van der Waals surface area contributed by atoms with Gasteiger partial charge < -0.3 is 16.0 Å². The van der Waals surface area contributed by atoms with Crippen LogP contribution >= 0.6 is 35.3 Å². The van der Waals surface area contributed by atoms with Gasteiger partial charge in [-0.05, 0) is 25.0 Å². The third-order valence-corrected chi connectivity index (χ3v) is 5.05. The van der Waals surface area contributed by atoms with Gasteiger partial charge in [-0.3, -0.25) is 4.99 Å². The fraction of sp³-hybridized carbons (Fsp3) is 0.500. The van der Waals surface area contributed by atoms with Crippen LogP contribution in [0.1, 0.15) is 28.8 Å². The molecule has 0 bridgehead atoms. The lowest BCUT2D eigenvalue weighted by atomic mass is 10.3. The van der Waals surface area contributed by atoms with Gasteiger partial charge in [-0.2, -0.15) is 13.2 Å². The maximum Gasteiger partial charge on any atom is 0.417 e. The zero-order valence-electron chi connectivity index (χ0n) is 16.3. The number of aromatic nitrogens is 2. The Bertz CT molecular complexity index is 749. The molecule has 0 fully saturated rings. The lowest BCUT2D eigenvalue weighted by Gasteiger charge is -2.12. The summed E-state index contributed by atoms with van der Waals surface area (Å²) in [4.78, 5) is 13.6. The monoisotopic (exact) mass is 542 g/mol. The zero-order chi connectivity index (χ0) is 20.4. The van der Waals surface area contributed by atoms with Crippen LogP contribution in [0.15, 0.2) is 29.5 Å². The van der Waals surface area contributed by atoms with E-state index in [4.69, 9.17) is 0 Å². The minimum absolute atomic E-state index is 0. The molecule has 11 heteroatoms. The topological polar surface area (TPSA) is 74.2 Å². The highest BCUT2D eigenvalue weighted by atomic mass is 127. The van der Waals surface area contributed by atoms with E-state index >= 15 is 0 Å². The molecule has 2 aromatic rings. The molecular weight excluding hydrogens is 516 g/mol. The number of aryl methyl sites for hydroxylation is 1. The summed E-state index contributed by atoms with van der Waals surface area (Å²) in [6, 6.07) is 2.35. The fourth-order valence-corrected chi connectivity index (χ4v) is 3.18. The van der Waals surface area contributed by atoms with E-state index < -0.39 is 11.7 Å². The normalized spacial score (nSPS) is 11.7. The van der Waals surface area contributed by atoms with Crippen molar-refractivity contribution in [2.24, 2.45) is 4.99 Å². The number of halogens is 4. The summed E-state index contributed by atoms with van der Waals surface area (Å²) in [6.45, 7) is 4.11. The van der Waals surface area contributed by atoms with E-state index in [1.807, 2.05) is 6.20 Å². The number of aliphatic imine (C=N–C) groups is 1. The first-order valence-corrected chi connectivity index (χ1v) is 9.89. The molecule has 6 nitrogen and oxygen atoms in total. The molecule has 3 N–H and O–H groups in total. The first-order valence-electron chi connectivity index (χ1n) is 9.07. The average Bonchev–Trinajstić information content (AvgIpc) is 3.14. The molecule has 0 aliphatic carbocycles. The van der Waals surface area contributed by atoms with E-state index in [9.17, 15) is 13.2 Å². The van der Waals surface area contributed by atoms with Gasteiger partial charge in [-0.25, -0.2) is 9.97 Å². The van der Waals surface area contributed by atoms with Crippen LogP contribution in [-0.4, -0.2) is 42.6 Å². The van der Waals surface area contributed by atoms with Crippen molar-refractivity contribution in [3.05, 3.63) is 40.0 Å². The maximum atomic E-state index is 12.5. The highest BCUT2D eigenvalue weighted by Gasteiger charge is 2.30. The molecule has 0 unspecified atom stereocenters. The molecule has 2 rings (SSSR count). The molecule has 0 radical (unpaired) electrons. The van der Waals surface area contributed by atoms with E-state index in [1.54, 1.807) is 18.4 Å². The Balaban J connectivity index is 0.00000420. The standard InChI is InChI=1S/C18H25F3N6S.HI/c1-3-14-12-27-16(28-14)7-10-25-17(22-2)24-9-4-8-23-15-6-5-13(11-26-15)18(19,20)21;/h5-6,11-12H,3-4,7-10H2,1-2H3,(H,23,26)(H2,22,24,25);1H. The van der Waals surface area contributed by atoms with E-state index in [0.717, 1.165) is 43.1 Å². The minimum atomic E-state index is -4.36. The summed E-state index contributed by atoms with van der Waals surface area (Å²) in [5.74, 6) is 1.13. The number of nitrogens with one attached hydrogen (secondary N) is 3. The van der Waals surface area contributed by atoms with Crippen LogP contribution < -0.4 is 16.0 Å². The van der Waals surface area contributed by atoms with Crippen LogP contribution in [0.25, 0.3) is 0 Å². The number of pyridine rings is 1. The van der Waals surface area contributed by atoms with Crippen LogP contribution in [0.2, 0.25) is 0 Å². The van der Waals surface area contributed by atoms with E-state index in [2.05, 4.69) is 37.8 Å². The Morgan fingerprint density at radius 2 is 1.86 bits per heavy atom. The molecular formula is C18H26F3IN6S. The Morgan fingerprint density at radius 1 is 1.10 bits per heavy atom. The van der Waals surface area contributed by atoms with Gasteiger partial charge in [0.1, 0.15) is 5.82 Å². The second-order valence-electron chi connectivity index (χ2n) is 5.96. The van der Waals surface area contributed by atoms with Gasteiger partial charge in [0.15, 0.2) is 5.96 Å². The molecule has 0 saturated heterocycles. The zero-order valence-corrected chi connectivity index (χ0v) is 19.5. The smallest absolute Gasteiger partial charge is 0.370 e. The molecule has 0 aromatic carbocycles. The third-order valence-electron chi connectivity index (χ3n) is 3.85. The number of hydrogen-bond donors (Lipinski definition) is 3. The Kier molecular flexibility index (Phi) is 11.2. The van der Waals surface area contributed by atoms with Crippen LogP contribution in [0.3, 0.4) is 0 Å². The van der Waals surface area contributed by atoms with Gasteiger partial charge in [0, 0.05) is 50.4 Å². The summed E-state index contributed by atoms with van der Waals surface area (Å²) in [7, 11) is 1.71. The van der Waals surface area contributed by atoms with Gasteiger partial charge in [0.2, 0.25) is 0 Å². The van der Waals surface area contributed by atoms with Crippen molar-refractivity contribution in [3.63, 3.8) is 0 Å². The molecule has 29 heavy (non-hydrogen) atoms. The number of rotatable bonds is 9. The molecule has 0 spiro atoms. The van der Waals surface area contributed by atoms with Crippen molar-refractivity contribution in [3.8, 4) is 0 Å². The fourth-order valence-electron chi connectivity index (χ4n) is 2.31. The molecule has 0 amide bonds. The van der Waals surface area contributed by atoms with Crippen LogP contribution in [-0.2, 0) is 19.0 Å². The number of nitrogens with zero attached hydrogens (tertiary/aromatic N) is 3. The molecule has 0 aliphatic heterocycles. The van der Waals surface area contributed by atoms with Gasteiger partial charge in [-0.15, -0.1) is 35.3 Å². The summed E-state index contributed by atoms with van der Waals surface area (Å²) in [5, 5.41) is 10.5. The molecule has 0 saturated carbocycles. The minimum Gasteiger partial charge on any atom is -0.370 e. The lowest BCUT2D eigenvalue weighted by molar-refractivity contribution is -0.137. The largest absolute Gasteiger partial charge is 0.417 e. The number of thiazole rings is 1. The first-order chi connectivity index (χ1) is 13.4. The van der Waals surface area contributed by atoms with Crippen molar-refractivity contribution in [2.75, 3.05) is 32.0 Å². The Hall–Kier alpha value is -1.63. The number of alkyl halides is 3. The van der Waals surface area contributed by atoms with Crippen molar-refractivity contribution >= 4 is 47.1 Å². The van der Waals surface area contributed by atoms with Crippen molar-refractivity contribution < 1.29 is 13.2 Å². The van der Waals surface area contributed by atoms with E-state index in [-0.39, 0.29) is 24.0 Å². The summed E-state index contributed by atoms with van der Waals surface area (Å²) in [5.41, 5.74) is -0.752. The number of hydrogen-bond acceptors (Lipinski definition) is 5.